The fraction of sp³-hybridized carbons (Fsp3) is 0.526. The van der Waals surface area contributed by atoms with Crippen molar-refractivity contribution < 1.29 is 0 Å². The van der Waals surface area contributed by atoms with Gasteiger partial charge in [0.25, 0.3) is 0 Å². The lowest BCUT2D eigenvalue weighted by Crippen LogP contribution is -1.95. The van der Waals surface area contributed by atoms with Gasteiger partial charge in [0.15, 0.2) is 0 Å². The third kappa shape index (κ3) is 3.20. The molecule has 1 nitrogen and oxygen atoms in total. The van der Waals surface area contributed by atoms with Crippen molar-refractivity contribution in [3.05, 3.63) is 41.6 Å². The molecule has 0 N–H and O–H groups in total. The Morgan fingerprint density at radius 3 is 2.10 bits per heavy atom. The second-order valence-electron chi connectivity index (χ2n) is 6.08. The van der Waals surface area contributed by atoms with Gasteiger partial charge in [-0.2, -0.15) is 0 Å². The molecule has 0 saturated carbocycles. The first-order valence-corrected chi connectivity index (χ1v) is 8.32. The Bertz CT molecular complexity index is 517. The van der Waals surface area contributed by atoms with Crippen LogP contribution in [0, 0.1) is 0 Å². The van der Waals surface area contributed by atoms with Gasteiger partial charge in [0.05, 0.1) is 5.69 Å². The van der Waals surface area contributed by atoms with Gasteiger partial charge in [-0.25, -0.2) is 0 Å². The maximum atomic E-state index is 4.92. The van der Waals surface area contributed by atoms with Gasteiger partial charge in [-0.3, -0.25) is 4.98 Å². The molecule has 0 aromatic carbocycles. The van der Waals surface area contributed by atoms with E-state index >= 15 is 0 Å². The Morgan fingerprint density at radius 1 is 0.650 bits per heavy atom. The van der Waals surface area contributed by atoms with Crippen molar-refractivity contribution in [1.29, 1.82) is 0 Å². The molecule has 0 spiro atoms. The molecule has 0 amide bonds. The second kappa shape index (κ2) is 6.88. The highest BCUT2D eigenvalue weighted by atomic mass is 14.7. The van der Waals surface area contributed by atoms with Crippen molar-refractivity contribution >= 4 is 0 Å². The lowest BCUT2D eigenvalue weighted by molar-refractivity contribution is 0.558. The zero-order valence-electron chi connectivity index (χ0n) is 12.4. The fourth-order valence-electron chi connectivity index (χ4n) is 3.40. The first-order valence-electron chi connectivity index (χ1n) is 8.32. The van der Waals surface area contributed by atoms with Gasteiger partial charge in [-0.1, -0.05) is 62.8 Å². The molecule has 1 aliphatic heterocycles. The zero-order chi connectivity index (χ0) is 13.6. The molecule has 3 rings (SSSR count). The fourth-order valence-corrected chi connectivity index (χ4v) is 3.40. The molecule has 1 heterocycles. The van der Waals surface area contributed by atoms with Crippen molar-refractivity contribution in [2.45, 2.75) is 64.2 Å². The molecule has 0 bridgehead atoms. The number of fused-ring (bicyclic) bond motifs is 3. The summed E-state index contributed by atoms with van der Waals surface area (Å²) in [4.78, 5) is 4.92. The summed E-state index contributed by atoms with van der Waals surface area (Å²) in [6.45, 7) is 0. The highest BCUT2D eigenvalue weighted by Gasteiger charge is 2.16. The molecule has 0 atom stereocenters. The Kier molecular flexibility index (Phi) is 4.68. The van der Waals surface area contributed by atoms with Crippen molar-refractivity contribution in [3.8, 4) is 11.3 Å². The average molecular weight is 267 g/mol. The molecule has 106 valence electrons. The molecule has 1 heteroatoms. The van der Waals surface area contributed by atoms with E-state index in [1.54, 1.807) is 0 Å². The number of hydrogen-bond acceptors (Lipinski definition) is 1. The van der Waals surface area contributed by atoms with E-state index in [0.717, 1.165) is 0 Å². The van der Waals surface area contributed by atoms with Crippen LogP contribution in [0.4, 0.5) is 0 Å². The first-order chi connectivity index (χ1) is 9.95. The molecule has 2 aliphatic carbocycles. The maximum absolute atomic E-state index is 4.92. The van der Waals surface area contributed by atoms with Crippen LogP contribution in [-0.4, -0.2) is 4.98 Å². The van der Waals surface area contributed by atoms with E-state index in [1.807, 2.05) is 0 Å². The maximum Gasteiger partial charge on any atom is 0.0708 e. The van der Waals surface area contributed by atoms with Crippen LogP contribution < -0.4 is 0 Å². The van der Waals surface area contributed by atoms with Gasteiger partial charge in [0.2, 0.25) is 0 Å². The summed E-state index contributed by atoms with van der Waals surface area (Å²) < 4.78 is 0. The molecule has 0 aromatic rings. The predicted molar refractivity (Wildman–Crippen MR) is 85.2 cm³/mol. The Labute approximate surface area is 122 Å². The zero-order valence-corrected chi connectivity index (χ0v) is 12.4. The molecule has 20 heavy (non-hydrogen) atoms. The molecular weight excluding hydrogens is 242 g/mol. The smallest absolute Gasteiger partial charge is 0.0708 e. The summed E-state index contributed by atoms with van der Waals surface area (Å²) in [6, 6.07) is 10.8. The van der Waals surface area contributed by atoms with E-state index < -0.39 is 0 Å². The van der Waals surface area contributed by atoms with Crippen LogP contribution in [0.25, 0.3) is 11.3 Å². The third-order valence-electron chi connectivity index (χ3n) is 4.53. The second-order valence-corrected chi connectivity index (χ2v) is 6.08. The van der Waals surface area contributed by atoms with Gasteiger partial charge in [-0.05, 0) is 37.3 Å². The van der Waals surface area contributed by atoms with E-state index in [9.17, 15) is 0 Å². The molecule has 0 unspecified atom stereocenters. The Balaban J connectivity index is 1.89. The number of hydrogen-bond donors (Lipinski definition) is 0. The standard InChI is InChI=1S/C19H25N/c1-2-4-6-10-14-18-16(12-8-5-3-1)17-13-9-7-11-15-19(17)20-18/h7,9,11,13,15H,1-6,8,10,12,14H2. The van der Waals surface area contributed by atoms with Gasteiger partial charge in [0, 0.05) is 11.3 Å². The molecule has 0 fully saturated rings. The van der Waals surface area contributed by atoms with Crippen molar-refractivity contribution in [1.82, 2.24) is 4.98 Å². The van der Waals surface area contributed by atoms with E-state index in [2.05, 4.69) is 30.3 Å². The third-order valence-corrected chi connectivity index (χ3v) is 4.53. The summed E-state index contributed by atoms with van der Waals surface area (Å²) in [5, 5.41) is 0. The SMILES string of the molecule is c1ccc2nc3c(c-2cc1)CCCCCCCCCC3. The van der Waals surface area contributed by atoms with Gasteiger partial charge in [-0.15, -0.1) is 0 Å². The van der Waals surface area contributed by atoms with Gasteiger partial charge in [0.1, 0.15) is 0 Å². The van der Waals surface area contributed by atoms with E-state index in [1.165, 1.54) is 86.7 Å². The molecule has 0 radical (unpaired) electrons. The first kappa shape index (κ1) is 13.6. The number of aromatic nitrogens is 1. The largest absolute Gasteiger partial charge is 0.253 e. The summed E-state index contributed by atoms with van der Waals surface area (Å²) in [5.41, 5.74) is 5.50. The van der Waals surface area contributed by atoms with Gasteiger partial charge < -0.3 is 0 Å². The monoisotopic (exact) mass is 267 g/mol. The van der Waals surface area contributed by atoms with Crippen LogP contribution in [0.1, 0.15) is 62.6 Å². The van der Waals surface area contributed by atoms with Gasteiger partial charge >= 0.3 is 0 Å². The van der Waals surface area contributed by atoms with Crippen LogP contribution in [0.3, 0.4) is 0 Å². The number of aryl methyl sites for hydroxylation is 1. The van der Waals surface area contributed by atoms with Crippen molar-refractivity contribution in [3.63, 3.8) is 0 Å². The van der Waals surface area contributed by atoms with Crippen LogP contribution >= 0.6 is 0 Å². The predicted octanol–water partition coefficient (Wildman–Crippen LogP) is 5.41. The minimum atomic E-state index is 1.17. The topological polar surface area (TPSA) is 12.9 Å². The van der Waals surface area contributed by atoms with Crippen LogP contribution in [0.2, 0.25) is 0 Å². The summed E-state index contributed by atoms with van der Waals surface area (Å²) in [7, 11) is 0. The van der Waals surface area contributed by atoms with E-state index in [4.69, 9.17) is 4.98 Å². The summed E-state index contributed by atoms with van der Waals surface area (Å²) >= 11 is 0. The molecule has 0 aromatic heterocycles. The van der Waals surface area contributed by atoms with Crippen LogP contribution in [-0.2, 0) is 12.8 Å². The number of nitrogens with zero attached hydrogens (tertiary/aromatic N) is 1. The number of rotatable bonds is 0. The molecule has 3 aliphatic rings. The Hall–Kier alpha value is -1.37. The lowest BCUT2D eigenvalue weighted by atomic mass is 9.97. The minimum Gasteiger partial charge on any atom is -0.253 e. The summed E-state index contributed by atoms with van der Waals surface area (Å²) in [6.07, 6.45) is 13.5. The lowest BCUT2D eigenvalue weighted by Gasteiger charge is -2.08. The van der Waals surface area contributed by atoms with E-state index in [-0.39, 0.29) is 0 Å². The molecule has 0 saturated heterocycles. The molecular formula is C19H25N. The van der Waals surface area contributed by atoms with Crippen molar-refractivity contribution in [2.75, 3.05) is 0 Å². The van der Waals surface area contributed by atoms with Crippen molar-refractivity contribution in [2.24, 2.45) is 0 Å². The Morgan fingerprint density at radius 2 is 1.30 bits per heavy atom. The highest BCUT2D eigenvalue weighted by Crippen LogP contribution is 2.30. The van der Waals surface area contributed by atoms with E-state index in [0.29, 0.717) is 0 Å². The average Bonchev–Trinajstić information content (AvgIpc) is 2.62. The minimum absolute atomic E-state index is 1.17. The normalized spacial score (nSPS) is 18.0. The quantitative estimate of drug-likeness (QED) is 0.622. The van der Waals surface area contributed by atoms with Crippen LogP contribution in [0.15, 0.2) is 30.3 Å². The summed E-state index contributed by atoms with van der Waals surface area (Å²) in [5.74, 6) is 0. The highest BCUT2D eigenvalue weighted by molar-refractivity contribution is 5.67. The van der Waals surface area contributed by atoms with Crippen LogP contribution in [0.5, 0.6) is 0 Å².